The Kier molecular flexibility index (Phi) is 7.54. The Balaban J connectivity index is 1.74. The van der Waals surface area contributed by atoms with Crippen LogP contribution >= 0.6 is 22.6 Å². The van der Waals surface area contributed by atoms with Crippen molar-refractivity contribution >= 4 is 34.5 Å². The van der Waals surface area contributed by atoms with Crippen molar-refractivity contribution in [1.82, 2.24) is 0 Å². The molecule has 0 fully saturated rings. The molecule has 0 amide bonds. The zero-order valence-corrected chi connectivity index (χ0v) is 18.1. The second-order valence-electron chi connectivity index (χ2n) is 5.92. The third kappa shape index (κ3) is 6.00. The van der Waals surface area contributed by atoms with E-state index < -0.39 is 0 Å². The molecule has 146 valence electrons. The number of hydrogen-bond acceptors (Lipinski definition) is 4. The number of ether oxygens (including phenoxy) is 3. The Hall–Kier alpha value is -2.98. The molecule has 3 aromatic carbocycles. The van der Waals surface area contributed by atoms with E-state index in [9.17, 15) is 0 Å². The lowest BCUT2D eigenvalue weighted by atomic mass is 10.2. The SMILES string of the molecule is C#CCOc1c(I)cc(C=Nc2ccc(Oc3ccccc3)cc2)cc1OCC. The molecule has 0 unspecified atom stereocenters. The molecule has 3 rings (SSSR count). The van der Waals surface area contributed by atoms with Crippen LogP contribution in [0, 0.1) is 15.9 Å². The van der Waals surface area contributed by atoms with Crippen molar-refractivity contribution in [2.45, 2.75) is 6.92 Å². The Bertz CT molecular complexity index is 1010. The highest BCUT2D eigenvalue weighted by Gasteiger charge is 2.11. The topological polar surface area (TPSA) is 40.0 Å². The molecule has 0 aromatic heterocycles. The van der Waals surface area contributed by atoms with Gasteiger partial charge in [0.05, 0.1) is 15.9 Å². The van der Waals surface area contributed by atoms with E-state index >= 15 is 0 Å². The van der Waals surface area contributed by atoms with Gasteiger partial charge in [-0.25, -0.2) is 0 Å². The summed E-state index contributed by atoms with van der Waals surface area (Å²) in [7, 11) is 0. The van der Waals surface area contributed by atoms with Crippen LogP contribution in [0.1, 0.15) is 12.5 Å². The van der Waals surface area contributed by atoms with Crippen molar-refractivity contribution in [3.63, 3.8) is 0 Å². The minimum absolute atomic E-state index is 0.195. The summed E-state index contributed by atoms with van der Waals surface area (Å²) in [5.74, 6) is 5.35. The third-order valence-corrected chi connectivity index (χ3v) is 4.61. The van der Waals surface area contributed by atoms with Gasteiger partial charge in [0.15, 0.2) is 11.5 Å². The molecule has 0 aliphatic carbocycles. The van der Waals surface area contributed by atoms with Gasteiger partial charge in [0.2, 0.25) is 0 Å². The highest BCUT2D eigenvalue weighted by atomic mass is 127. The van der Waals surface area contributed by atoms with E-state index in [-0.39, 0.29) is 6.61 Å². The van der Waals surface area contributed by atoms with E-state index in [4.69, 9.17) is 20.6 Å². The molecule has 0 radical (unpaired) electrons. The predicted molar refractivity (Wildman–Crippen MR) is 125 cm³/mol. The van der Waals surface area contributed by atoms with E-state index in [0.29, 0.717) is 18.1 Å². The second kappa shape index (κ2) is 10.5. The van der Waals surface area contributed by atoms with E-state index in [1.54, 1.807) is 6.21 Å². The van der Waals surface area contributed by atoms with Crippen LogP contribution in [0.2, 0.25) is 0 Å². The smallest absolute Gasteiger partial charge is 0.175 e. The largest absolute Gasteiger partial charge is 0.490 e. The summed E-state index contributed by atoms with van der Waals surface area (Å²) in [6, 6.07) is 21.2. The molecule has 0 heterocycles. The maximum absolute atomic E-state index is 5.80. The average molecular weight is 497 g/mol. The van der Waals surface area contributed by atoms with E-state index in [0.717, 1.165) is 26.3 Å². The standard InChI is InChI=1S/C24H20INO3/c1-3-14-28-24-22(25)15-18(16-23(24)27-4-2)17-26-19-10-12-21(13-11-19)29-20-8-6-5-7-9-20/h1,5-13,15-17H,4,14H2,2H3. The Morgan fingerprint density at radius 2 is 1.72 bits per heavy atom. The van der Waals surface area contributed by atoms with E-state index in [1.165, 1.54) is 0 Å². The van der Waals surface area contributed by atoms with Gasteiger partial charge in [-0.3, -0.25) is 4.99 Å². The number of aliphatic imine (C=N–C) groups is 1. The number of hydrogen-bond donors (Lipinski definition) is 0. The van der Waals surface area contributed by atoms with Gasteiger partial charge in [-0.2, -0.15) is 0 Å². The van der Waals surface area contributed by atoms with Gasteiger partial charge in [0, 0.05) is 6.21 Å². The van der Waals surface area contributed by atoms with Gasteiger partial charge in [-0.15, -0.1) is 6.42 Å². The maximum atomic E-state index is 5.80. The number of nitrogens with zero attached hydrogens (tertiary/aromatic N) is 1. The van der Waals surface area contributed by atoms with Gasteiger partial charge in [0.1, 0.15) is 18.1 Å². The second-order valence-corrected chi connectivity index (χ2v) is 7.09. The number of benzene rings is 3. The van der Waals surface area contributed by atoms with Gasteiger partial charge in [-0.05, 0) is 83.6 Å². The van der Waals surface area contributed by atoms with Crippen LogP contribution in [0.15, 0.2) is 71.7 Å². The van der Waals surface area contributed by atoms with Crippen molar-refractivity contribution < 1.29 is 14.2 Å². The number of halogens is 1. The monoisotopic (exact) mass is 497 g/mol. The molecule has 4 nitrogen and oxygen atoms in total. The average Bonchev–Trinajstić information content (AvgIpc) is 2.74. The number of para-hydroxylation sites is 1. The number of rotatable bonds is 8. The van der Waals surface area contributed by atoms with Crippen LogP contribution in [0.5, 0.6) is 23.0 Å². The van der Waals surface area contributed by atoms with E-state index in [2.05, 4.69) is 33.5 Å². The van der Waals surface area contributed by atoms with Crippen molar-refractivity contribution in [2.75, 3.05) is 13.2 Å². The minimum Gasteiger partial charge on any atom is -0.490 e. The van der Waals surface area contributed by atoms with Crippen molar-refractivity contribution in [1.29, 1.82) is 0 Å². The molecular formula is C24H20INO3. The van der Waals surface area contributed by atoms with Crippen molar-refractivity contribution in [3.8, 4) is 35.3 Å². The Morgan fingerprint density at radius 1 is 1.00 bits per heavy atom. The lowest BCUT2D eigenvalue weighted by Gasteiger charge is -2.13. The molecule has 0 bridgehead atoms. The molecule has 0 atom stereocenters. The molecule has 0 aliphatic rings. The fourth-order valence-corrected chi connectivity index (χ4v) is 3.33. The van der Waals surface area contributed by atoms with Crippen LogP contribution in [-0.2, 0) is 0 Å². The van der Waals surface area contributed by atoms with Gasteiger partial charge in [-0.1, -0.05) is 24.1 Å². The highest BCUT2D eigenvalue weighted by molar-refractivity contribution is 14.1. The van der Waals surface area contributed by atoms with E-state index in [1.807, 2.05) is 73.7 Å². The first-order valence-electron chi connectivity index (χ1n) is 9.09. The summed E-state index contributed by atoms with van der Waals surface area (Å²) >= 11 is 2.21. The van der Waals surface area contributed by atoms with Gasteiger partial charge in [0.25, 0.3) is 0 Å². The zero-order chi connectivity index (χ0) is 20.5. The van der Waals surface area contributed by atoms with Crippen LogP contribution in [0.25, 0.3) is 0 Å². The summed E-state index contributed by atoms with van der Waals surface area (Å²) in [6.45, 7) is 2.66. The summed E-state index contributed by atoms with van der Waals surface area (Å²) < 4.78 is 18.0. The Labute approximate surface area is 184 Å². The molecule has 0 spiro atoms. The van der Waals surface area contributed by atoms with Crippen LogP contribution in [-0.4, -0.2) is 19.4 Å². The number of terminal acetylenes is 1. The molecule has 29 heavy (non-hydrogen) atoms. The van der Waals surface area contributed by atoms with Gasteiger partial charge < -0.3 is 14.2 Å². The summed E-state index contributed by atoms with van der Waals surface area (Å²) in [5, 5.41) is 0. The first kappa shape index (κ1) is 20.7. The molecule has 0 N–H and O–H groups in total. The Morgan fingerprint density at radius 3 is 2.41 bits per heavy atom. The van der Waals surface area contributed by atoms with Crippen LogP contribution in [0.4, 0.5) is 5.69 Å². The fraction of sp³-hybridized carbons (Fsp3) is 0.125. The summed E-state index contributed by atoms with van der Waals surface area (Å²) in [4.78, 5) is 4.55. The lowest BCUT2D eigenvalue weighted by Crippen LogP contribution is -2.02. The van der Waals surface area contributed by atoms with Crippen LogP contribution in [0.3, 0.4) is 0 Å². The summed E-state index contributed by atoms with van der Waals surface area (Å²) in [5.41, 5.74) is 1.74. The predicted octanol–water partition coefficient (Wildman–Crippen LogP) is 6.24. The summed E-state index contributed by atoms with van der Waals surface area (Å²) in [6.07, 6.45) is 7.09. The molecule has 5 heteroatoms. The first-order chi connectivity index (χ1) is 14.2. The van der Waals surface area contributed by atoms with Crippen molar-refractivity contribution in [3.05, 3.63) is 75.9 Å². The molecule has 0 saturated heterocycles. The van der Waals surface area contributed by atoms with Gasteiger partial charge >= 0.3 is 0 Å². The normalized spacial score (nSPS) is 10.5. The third-order valence-electron chi connectivity index (χ3n) is 3.81. The minimum atomic E-state index is 0.195. The van der Waals surface area contributed by atoms with Crippen molar-refractivity contribution in [2.24, 2.45) is 4.99 Å². The molecular weight excluding hydrogens is 477 g/mol. The lowest BCUT2D eigenvalue weighted by molar-refractivity contribution is 0.298. The highest BCUT2D eigenvalue weighted by Crippen LogP contribution is 2.34. The molecule has 0 saturated carbocycles. The quantitative estimate of drug-likeness (QED) is 0.210. The molecule has 3 aromatic rings. The fourth-order valence-electron chi connectivity index (χ4n) is 2.55. The molecule has 0 aliphatic heterocycles. The van der Waals surface area contributed by atoms with Crippen LogP contribution < -0.4 is 14.2 Å². The first-order valence-corrected chi connectivity index (χ1v) is 10.2. The maximum Gasteiger partial charge on any atom is 0.175 e. The zero-order valence-electron chi connectivity index (χ0n) is 16.0.